The fraction of sp³-hybridized carbons (Fsp3) is 0.214. The maximum absolute atomic E-state index is 13.1. The van der Waals surface area contributed by atoms with Crippen molar-refractivity contribution in [3.8, 4) is 5.75 Å². The van der Waals surface area contributed by atoms with Crippen LogP contribution in [0.5, 0.6) is 5.75 Å². The third-order valence-corrected chi connectivity index (χ3v) is 6.09. The standard InChI is InChI=1S/C28H27NO4/c1-3-19-9-11-21(12-10-19)25-24(26(30)22-13-15-23(33-2)16-14-22)27(31)28(32)29(25)18-17-20-7-5-4-6-8-20/h4-16,25,30H,3,17-18H2,1-2H3. The lowest BCUT2D eigenvalue weighted by Crippen LogP contribution is -2.31. The van der Waals surface area contributed by atoms with E-state index in [1.165, 1.54) is 0 Å². The highest BCUT2D eigenvalue weighted by Crippen LogP contribution is 2.39. The first kappa shape index (κ1) is 22.3. The third kappa shape index (κ3) is 4.53. The van der Waals surface area contributed by atoms with Gasteiger partial charge in [0.25, 0.3) is 11.7 Å². The molecule has 4 rings (SSSR count). The Labute approximate surface area is 193 Å². The van der Waals surface area contributed by atoms with Crippen molar-refractivity contribution in [2.75, 3.05) is 13.7 Å². The molecule has 5 heteroatoms. The molecule has 0 aromatic heterocycles. The number of benzene rings is 3. The van der Waals surface area contributed by atoms with Crippen LogP contribution in [0.2, 0.25) is 0 Å². The van der Waals surface area contributed by atoms with E-state index in [-0.39, 0.29) is 11.3 Å². The van der Waals surface area contributed by atoms with Crippen LogP contribution >= 0.6 is 0 Å². The van der Waals surface area contributed by atoms with E-state index in [9.17, 15) is 14.7 Å². The van der Waals surface area contributed by atoms with Crippen LogP contribution in [0, 0.1) is 0 Å². The molecule has 1 atom stereocenters. The maximum Gasteiger partial charge on any atom is 0.295 e. The summed E-state index contributed by atoms with van der Waals surface area (Å²) in [5.74, 6) is -0.796. The van der Waals surface area contributed by atoms with Crippen molar-refractivity contribution in [1.82, 2.24) is 4.90 Å². The number of hydrogen-bond acceptors (Lipinski definition) is 4. The van der Waals surface area contributed by atoms with Crippen molar-refractivity contribution in [2.24, 2.45) is 0 Å². The number of carbonyl (C=O) groups excluding carboxylic acids is 2. The molecule has 0 radical (unpaired) electrons. The summed E-state index contributed by atoms with van der Waals surface area (Å²) in [5, 5.41) is 11.1. The van der Waals surface area contributed by atoms with Crippen LogP contribution in [0.4, 0.5) is 0 Å². The van der Waals surface area contributed by atoms with Gasteiger partial charge in [0.1, 0.15) is 11.5 Å². The van der Waals surface area contributed by atoms with Gasteiger partial charge in [-0.3, -0.25) is 9.59 Å². The molecule has 1 saturated heterocycles. The number of ketones is 1. The lowest BCUT2D eigenvalue weighted by molar-refractivity contribution is -0.139. The third-order valence-electron chi connectivity index (χ3n) is 6.09. The second kappa shape index (κ2) is 9.74. The molecule has 0 spiro atoms. The molecule has 5 nitrogen and oxygen atoms in total. The van der Waals surface area contributed by atoms with Crippen molar-refractivity contribution in [2.45, 2.75) is 25.8 Å². The summed E-state index contributed by atoms with van der Waals surface area (Å²) in [6, 6.07) is 23.9. The van der Waals surface area contributed by atoms with Gasteiger partial charge in [0.2, 0.25) is 0 Å². The predicted octanol–water partition coefficient (Wildman–Crippen LogP) is 4.92. The maximum atomic E-state index is 13.1. The average molecular weight is 442 g/mol. The zero-order chi connectivity index (χ0) is 23.4. The SMILES string of the molecule is CCc1ccc(C2C(=C(O)c3ccc(OC)cc3)C(=O)C(=O)N2CCc2ccccc2)cc1. The van der Waals surface area contributed by atoms with Crippen molar-refractivity contribution < 1.29 is 19.4 Å². The number of methoxy groups -OCH3 is 1. The van der Waals surface area contributed by atoms with Gasteiger partial charge in [-0.05, 0) is 53.8 Å². The summed E-state index contributed by atoms with van der Waals surface area (Å²) in [5.41, 5.74) is 3.62. The summed E-state index contributed by atoms with van der Waals surface area (Å²) in [7, 11) is 1.56. The van der Waals surface area contributed by atoms with Crippen LogP contribution in [0.3, 0.4) is 0 Å². The van der Waals surface area contributed by atoms with Gasteiger partial charge in [0.05, 0.1) is 18.7 Å². The molecular weight excluding hydrogens is 414 g/mol. The van der Waals surface area contributed by atoms with E-state index in [0.29, 0.717) is 24.3 Å². The Bertz CT molecular complexity index is 1160. The van der Waals surface area contributed by atoms with Gasteiger partial charge >= 0.3 is 0 Å². The lowest BCUT2D eigenvalue weighted by atomic mass is 9.94. The zero-order valence-corrected chi connectivity index (χ0v) is 18.8. The van der Waals surface area contributed by atoms with Gasteiger partial charge in [0.15, 0.2) is 0 Å². The summed E-state index contributed by atoms with van der Waals surface area (Å²) in [6.45, 7) is 2.44. The first-order chi connectivity index (χ1) is 16.0. The molecule has 0 aliphatic carbocycles. The fourth-order valence-corrected chi connectivity index (χ4v) is 4.19. The van der Waals surface area contributed by atoms with Crippen LogP contribution < -0.4 is 4.74 Å². The Kier molecular flexibility index (Phi) is 6.59. The minimum atomic E-state index is -0.666. The predicted molar refractivity (Wildman–Crippen MR) is 128 cm³/mol. The van der Waals surface area contributed by atoms with Crippen LogP contribution in [0.1, 0.15) is 35.2 Å². The number of likely N-dealkylation sites (tertiary alicyclic amines) is 1. The molecule has 1 heterocycles. The van der Waals surface area contributed by atoms with Crippen LogP contribution in [0.25, 0.3) is 5.76 Å². The minimum absolute atomic E-state index is 0.113. The molecule has 33 heavy (non-hydrogen) atoms. The number of rotatable bonds is 7. The van der Waals surface area contributed by atoms with Gasteiger partial charge < -0.3 is 14.7 Å². The molecule has 3 aromatic rings. The molecule has 168 valence electrons. The van der Waals surface area contributed by atoms with E-state index < -0.39 is 17.7 Å². The lowest BCUT2D eigenvalue weighted by Gasteiger charge is -2.25. The Balaban J connectivity index is 1.77. The van der Waals surface area contributed by atoms with Gasteiger partial charge in [-0.1, -0.05) is 61.5 Å². The van der Waals surface area contributed by atoms with Crippen molar-refractivity contribution in [3.05, 3.63) is 107 Å². The molecule has 1 fully saturated rings. The van der Waals surface area contributed by atoms with E-state index >= 15 is 0 Å². The largest absolute Gasteiger partial charge is 0.507 e. The number of carbonyl (C=O) groups is 2. The van der Waals surface area contributed by atoms with Crippen LogP contribution in [-0.4, -0.2) is 35.4 Å². The van der Waals surface area contributed by atoms with E-state index in [0.717, 1.165) is 23.1 Å². The quantitative estimate of drug-likeness (QED) is 0.321. The Morgan fingerprint density at radius 2 is 1.58 bits per heavy atom. The molecule has 1 unspecified atom stereocenters. The number of Topliss-reactive ketones (excluding diaryl/α,β-unsaturated/α-hetero) is 1. The molecule has 0 bridgehead atoms. The number of ether oxygens (including phenoxy) is 1. The van der Waals surface area contributed by atoms with Crippen molar-refractivity contribution >= 4 is 17.4 Å². The summed E-state index contributed by atoms with van der Waals surface area (Å²) in [4.78, 5) is 27.8. The number of aliphatic hydroxyl groups excluding tert-OH is 1. The van der Waals surface area contributed by atoms with E-state index in [4.69, 9.17) is 4.74 Å². The summed E-state index contributed by atoms with van der Waals surface area (Å²) >= 11 is 0. The number of amides is 1. The molecule has 1 amide bonds. The van der Waals surface area contributed by atoms with Crippen LogP contribution in [0.15, 0.2) is 84.4 Å². The van der Waals surface area contributed by atoms with E-state index in [2.05, 4.69) is 6.92 Å². The van der Waals surface area contributed by atoms with Gasteiger partial charge in [0, 0.05) is 12.1 Å². The fourth-order valence-electron chi connectivity index (χ4n) is 4.19. The Morgan fingerprint density at radius 3 is 2.18 bits per heavy atom. The smallest absolute Gasteiger partial charge is 0.295 e. The topological polar surface area (TPSA) is 66.8 Å². The highest BCUT2D eigenvalue weighted by atomic mass is 16.5. The number of aryl methyl sites for hydroxylation is 1. The molecule has 1 N–H and O–H groups in total. The molecule has 0 saturated carbocycles. The second-order valence-electron chi connectivity index (χ2n) is 8.05. The number of nitrogens with zero attached hydrogens (tertiary/aromatic N) is 1. The molecule has 1 aliphatic rings. The highest BCUT2D eigenvalue weighted by molar-refractivity contribution is 6.46. The van der Waals surface area contributed by atoms with E-state index in [1.54, 1.807) is 36.3 Å². The van der Waals surface area contributed by atoms with Gasteiger partial charge in [-0.2, -0.15) is 0 Å². The van der Waals surface area contributed by atoms with Crippen molar-refractivity contribution in [1.29, 1.82) is 0 Å². The van der Waals surface area contributed by atoms with Gasteiger partial charge in [-0.25, -0.2) is 0 Å². The minimum Gasteiger partial charge on any atom is -0.507 e. The molecule has 1 aliphatic heterocycles. The number of hydrogen-bond donors (Lipinski definition) is 1. The molecule has 3 aromatic carbocycles. The normalized spacial score (nSPS) is 17.4. The zero-order valence-electron chi connectivity index (χ0n) is 18.8. The first-order valence-corrected chi connectivity index (χ1v) is 11.1. The van der Waals surface area contributed by atoms with Crippen molar-refractivity contribution in [3.63, 3.8) is 0 Å². The second-order valence-corrected chi connectivity index (χ2v) is 8.05. The van der Waals surface area contributed by atoms with E-state index in [1.807, 2.05) is 54.6 Å². The molecular formula is C28H27NO4. The van der Waals surface area contributed by atoms with Gasteiger partial charge in [-0.15, -0.1) is 0 Å². The Morgan fingerprint density at radius 1 is 0.909 bits per heavy atom. The first-order valence-electron chi connectivity index (χ1n) is 11.1. The monoisotopic (exact) mass is 441 g/mol. The summed E-state index contributed by atoms with van der Waals surface area (Å²) < 4.78 is 5.19. The summed E-state index contributed by atoms with van der Waals surface area (Å²) in [6.07, 6.45) is 1.50. The number of aliphatic hydroxyl groups is 1. The highest BCUT2D eigenvalue weighted by Gasteiger charge is 2.45. The van der Waals surface area contributed by atoms with Crippen LogP contribution in [-0.2, 0) is 22.4 Å². The average Bonchev–Trinajstić information content (AvgIpc) is 3.12. The Hall–Kier alpha value is -3.86.